The van der Waals surface area contributed by atoms with Crippen molar-refractivity contribution in [2.24, 2.45) is 5.92 Å². The van der Waals surface area contributed by atoms with Gasteiger partial charge in [0.2, 0.25) is 5.91 Å². The van der Waals surface area contributed by atoms with Crippen molar-refractivity contribution in [3.8, 4) is 0 Å². The third-order valence-corrected chi connectivity index (χ3v) is 6.11. The molecule has 0 spiro atoms. The summed E-state index contributed by atoms with van der Waals surface area (Å²) in [6.45, 7) is 7.84. The van der Waals surface area contributed by atoms with Crippen LogP contribution in [0.15, 0.2) is 58.4 Å². The van der Waals surface area contributed by atoms with Crippen LogP contribution in [-0.4, -0.2) is 47.0 Å². The molecule has 35 heavy (non-hydrogen) atoms. The van der Waals surface area contributed by atoms with Crippen molar-refractivity contribution in [3.63, 3.8) is 0 Å². The quantitative estimate of drug-likeness (QED) is 0.175. The Hall–Kier alpha value is -2.09. The number of aliphatic carboxylic acids is 1. The molecule has 0 bridgehead atoms. The smallest absolute Gasteiger partial charge is 0.548 e. The Morgan fingerprint density at radius 1 is 1.31 bits per heavy atom. The SMILES string of the molecule is CC1=C(O)[C@@H](C/C(C)=C\CC[C@H](C)/C=C/C=C(\C)CCCC2=CC(=O)N(CC(=O)[O-])C2)OC1=O.[Na+]. The number of hydrogen-bond acceptors (Lipinski definition) is 6. The number of aliphatic hydroxyl groups is 1. The van der Waals surface area contributed by atoms with Gasteiger partial charge in [-0.2, -0.15) is 0 Å². The first-order chi connectivity index (χ1) is 16.1. The molecule has 1 amide bonds. The predicted octanol–water partition coefficient (Wildman–Crippen LogP) is 0.692. The van der Waals surface area contributed by atoms with Gasteiger partial charge < -0.3 is 24.6 Å². The van der Waals surface area contributed by atoms with Gasteiger partial charge in [-0.1, -0.05) is 42.4 Å². The number of nitrogens with zero attached hydrogens (tertiary/aromatic N) is 1. The van der Waals surface area contributed by atoms with E-state index >= 15 is 0 Å². The molecule has 0 aromatic rings. The van der Waals surface area contributed by atoms with Gasteiger partial charge >= 0.3 is 35.5 Å². The van der Waals surface area contributed by atoms with Crippen LogP contribution in [0.25, 0.3) is 0 Å². The largest absolute Gasteiger partial charge is 1.00 e. The van der Waals surface area contributed by atoms with E-state index in [0.29, 0.717) is 24.5 Å². The summed E-state index contributed by atoms with van der Waals surface area (Å²) in [5.74, 6) is -1.47. The van der Waals surface area contributed by atoms with E-state index in [9.17, 15) is 24.6 Å². The molecular weight excluding hydrogens is 457 g/mol. The van der Waals surface area contributed by atoms with E-state index in [1.54, 1.807) is 13.0 Å². The first kappa shape index (κ1) is 30.9. The van der Waals surface area contributed by atoms with Gasteiger partial charge in [-0.25, -0.2) is 4.79 Å². The number of esters is 1. The normalized spacial score (nSPS) is 19.8. The first-order valence-electron chi connectivity index (χ1n) is 11.8. The number of aliphatic hydroxyl groups excluding tert-OH is 1. The summed E-state index contributed by atoms with van der Waals surface area (Å²) < 4.78 is 5.17. The third kappa shape index (κ3) is 10.6. The van der Waals surface area contributed by atoms with Crippen molar-refractivity contribution in [2.75, 3.05) is 13.1 Å². The van der Waals surface area contributed by atoms with E-state index in [-0.39, 0.29) is 47.8 Å². The maximum absolute atomic E-state index is 11.8. The van der Waals surface area contributed by atoms with Gasteiger partial charge in [-0.3, -0.25) is 4.79 Å². The second kappa shape index (κ2) is 15.1. The monoisotopic (exact) mass is 493 g/mol. The van der Waals surface area contributed by atoms with Gasteiger partial charge in [0.25, 0.3) is 0 Å². The van der Waals surface area contributed by atoms with Crippen LogP contribution in [0.3, 0.4) is 0 Å². The molecular formula is C27H36NNaO6. The zero-order valence-corrected chi connectivity index (χ0v) is 23.6. The van der Waals surface area contributed by atoms with E-state index in [0.717, 1.165) is 43.3 Å². The topological polar surface area (TPSA) is 107 Å². The summed E-state index contributed by atoms with van der Waals surface area (Å²) in [7, 11) is 0. The fourth-order valence-electron chi connectivity index (χ4n) is 3.99. The van der Waals surface area contributed by atoms with Crippen molar-refractivity contribution in [1.82, 2.24) is 4.90 Å². The van der Waals surface area contributed by atoms with Crippen LogP contribution in [0, 0.1) is 5.92 Å². The molecule has 0 fully saturated rings. The molecule has 2 atom stereocenters. The summed E-state index contributed by atoms with van der Waals surface area (Å²) in [6, 6.07) is 0. The number of carboxylic acids is 1. The molecule has 2 aliphatic rings. The second-order valence-corrected chi connectivity index (χ2v) is 9.33. The summed E-state index contributed by atoms with van der Waals surface area (Å²) >= 11 is 0. The maximum atomic E-state index is 11.8. The summed E-state index contributed by atoms with van der Waals surface area (Å²) in [5.41, 5.74) is 3.61. The van der Waals surface area contributed by atoms with Crippen molar-refractivity contribution < 1.29 is 58.9 Å². The molecule has 0 saturated heterocycles. The number of allylic oxidation sites excluding steroid dienone is 5. The average molecular weight is 494 g/mol. The van der Waals surface area contributed by atoms with Gasteiger partial charge in [0.05, 0.1) is 18.1 Å². The van der Waals surface area contributed by atoms with Crippen molar-refractivity contribution in [1.29, 1.82) is 0 Å². The van der Waals surface area contributed by atoms with Gasteiger partial charge in [0.15, 0.2) is 6.10 Å². The number of cyclic esters (lactones) is 1. The number of ether oxygens (including phenoxy) is 1. The van der Waals surface area contributed by atoms with Gasteiger partial charge in [0.1, 0.15) is 5.76 Å². The van der Waals surface area contributed by atoms with Gasteiger partial charge in [0, 0.05) is 19.0 Å². The minimum absolute atomic E-state index is 0. The maximum Gasteiger partial charge on any atom is 1.00 e. The predicted molar refractivity (Wildman–Crippen MR) is 128 cm³/mol. The van der Waals surface area contributed by atoms with E-state index in [1.165, 1.54) is 10.5 Å². The zero-order valence-electron chi connectivity index (χ0n) is 21.6. The molecule has 7 nitrogen and oxygen atoms in total. The molecule has 8 heteroatoms. The molecule has 2 aliphatic heterocycles. The second-order valence-electron chi connectivity index (χ2n) is 9.33. The first-order valence-corrected chi connectivity index (χ1v) is 11.8. The van der Waals surface area contributed by atoms with Crippen LogP contribution in [0.1, 0.15) is 66.2 Å². The number of carboxylic acid groups (broad SMARTS) is 1. The Labute approximate surface area is 230 Å². The fraction of sp³-hybridized carbons (Fsp3) is 0.519. The molecule has 1 N–H and O–H groups in total. The summed E-state index contributed by atoms with van der Waals surface area (Å²) in [4.78, 5) is 35.2. The summed E-state index contributed by atoms with van der Waals surface area (Å²) in [6.07, 6.45) is 14.5. The molecule has 0 radical (unpaired) electrons. The molecule has 0 saturated carbocycles. The molecule has 0 aliphatic carbocycles. The minimum atomic E-state index is -1.24. The molecule has 2 heterocycles. The molecule has 2 rings (SSSR count). The number of carbonyl (C=O) groups is 3. The van der Waals surface area contributed by atoms with Gasteiger partial charge in [-0.15, -0.1) is 0 Å². The Morgan fingerprint density at radius 2 is 2.03 bits per heavy atom. The molecule has 0 unspecified atom stereocenters. The van der Waals surface area contributed by atoms with E-state index in [2.05, 4.69) is 38.2 Å². The molecule has 186 valence electrons. The Kier molecular flexibility index (Phi) is 13.4. The number of rotatable bonds is 13. The van der Waals surface area contributed by atoms with Crippen LogP contribution in [0.2, 0.25) is 0 Å². The van der Waals surface area contributed by atoms with Crippen molar-refractivity contribution >= 4 is 17.8 Å². The Balaban J connectivity index is 0.00000612. The number of amides is 1. The number of hydrogen-bond donors (Lipinski definition) is 1. The van der Waals surface area contributed by atoms with E-state index in [4.69, 9.17) is 4.74 Å². The van der Waals surface area contributed by atoms with Crippen LogP contribution in [-0.2, 0) is 19.1 Å². The Bertz CT molecular complexity index is 943. The average Bonchev–Trinajstić information content (AvgIpc) is 3.21. The van der Waals surface area contributed by atoms with E-state index in [1.807, 2.05) is 6.92 Å². The minimum Gasteiger partial charge on any atom is -0.548 e. The molecule has 0 aromatic heterocycles. The molecule has 0 aromatic carbocycles. The van der Waals surface area contributed by atoms with Crippen molar-refractivity contribution in [2.45, 2.75) is 72.3 Å². The van der Waals surface area contributed by atoms with Crippen LogP contribution in [0.5, 0.6) is 0 Å². The zero-order chi connectivity index (χ0) is 25.3. The number of carbonyl (C=O) groups excluding carboxylic acids is 3. The third-order valence-electron chi connectivity index (χ3n) is 6.11. The van der Waals surface area contributed by atoms with Crippen molar-refractivity contribution in [3.05, 3.63) is 58.4 Å². The van der Waals surface area contributed by atoms with Crippen LogP contribution in [0.4, 0.5) is 0 Å². The van der Waals surface area contributed by atoms with Crippen LogP contribution < -0.4 is 34.7 Å². The van der Waals surface area contributed by atoms with E-state index < -0.39 is 18.0 Å². The van der Waals surface area contributed by atoms with Crippen LogP contribution >= 0.6 is 0 Å². The fourth-order valence-corrected chi connectivity index (χ4v) is 3.99. The standard InChI is InChI=1S/C27H37NO6.Na/c1-18(10-6-12-20(3)14-23-26(32)21(4)27(33)34-23)8-5-9-19(2)11-7-13-22-15-24(29)28(16-22)17-25(30)31;/h5,8-9,12,15,18,23,32H,6-7,10-11,13-14,16-17H2,1-4H3,(H,30,31);/q;+1/p-1/b8-5+,19-9+,20-12-;/t18-,23-;/m1./s1. The Morgan fingerprint density at radius 3 is 2.66 bits per heavy atom. The van der Waals surface area contributed by atoms with Gasteiger partial charge in [-0.05, 0) is 64.4 Å². The summed E-state index contributed by atoms with van der Waals surface area (Å²) in [5, 5.41) is 20.6.